The van der Waals surface area contributed by atoms with Crippen LogP contribution >= 0.6 is 0 Å². The van der Waals surface area contributed by atoms with Crippen molar-refractivity contribution in [3.05, 3.63) is 0 Å². The summed E-state index contributed by atoms with van der Waals surface area (Å²) in [6.45, 7) is 7.82. The second kappa shape index (κ2) is 7.18. The maximum atomic E-state index is 13.6. The molecule has 4 fully saturated rings. The van der Waals surface area contributed by atoms with Gasteiger partial charge in [0.1, 0.15) is 17.7 Å². The molecule has 4 aliphatic rings. The average molecular weight is 405 g/mol. The fourth-order valence-corrected chi connectivity index (χ4v) is 8.11. The van der Waals surface area contributed by atoms with Gasteiger partial charge in [0, 0.05) is 24.7 Å². The summed E-state index contributed by atoms with van der Waals surface area (Å²) in [5.41, 5.74) is -0.441. The Morgan fingerprint density at radius 1 is 1.14 bits per heavy atom. The van der Waals surface area contributed by atoms with Gasteiger partial charge in [-0.3, -0.25) is 14.4 Å². The zero-order valence-electron chi connectivity index (χ0n) is 18.3. The van der Waals surface area contributed by atoms with E-state index in [4.69, 9.17) is 4.74 Å². The van der Waals surface area contributed by atoms with Crippen LogP contribution in [0.5, 0.6) is 0 Å². The summed E-state index contributed by atoms with van der Waals surface area (Å²) in [6.07, 6.45) is 4.75. The zero-order valence-corrected chi connectivity index (χ0v) is 18.3. The lowest BCUT2D eigenvalue weighted by atomic mass is 9.44. The van der Waals surface area contributed by atoms with E-state index >= 15 is 0 Å². The van der Waals surface area contributed by atoms with Crippen molar-refractivity contribution >= 4 is 17.5 Å². The molecule has 0 aliphatic heterocycles. The van der Waals surface area contributed by atoms with Crippen LogP contribution in [0.3, 0.4) is 0 Å². The first-order chi connectivity index (χ1) is 13.6. The van der Waals surface area contributed by atoms with Crippen LogP contribution in [0.15, 0.2) is 0 Å². The largest absolute Gasteiger partial charge is 0.460 e. The summed E-state index contributed by atoms with van der Waals surface area (Å²) in [6, 6.07) is 0. The highest BCUT2D eigenvalue weighted by atomic mass is 16.6. The Morgan fingerprint density at radius 3 is 2.52 bits per heavy atom. The van der Waals surface area contributed by atoms with Crippen molar-refractivity contribution in [1.82, 2.24) is 0 Å². The number of hydrogen-bond acceptors (Lipinski definition) is 5. The number of aliphatic hydroxyl groups is 1. The Morgan fingerprint density at radius 2 is 1.86 bits per heavy atom. The smallest absolute Gasteiger partial charge is 0.305 e. The van der Waals surface area contributed by atoms with E-state index in [1.165, 1.54) is 0 Å². The van der Waals surface area contributed by atoms with Gasteiger partial charge in [-0.1, -0.05) is 20.8 Å². The summed E-state index contributed by atoms with van der Waals surface area (Å²) < 4.78 is 5.59. The van der Waals surface area contributed by atoms with Crippen LogP contribution in [0.2, 0.25) is 0 Å². The molecule has 4 saturated carbocycles. The van der Waals surface area contributed by atoms with Crippen LogP contribution in [0, 0.1) is 40.4 Å². The maximum absolute atomic E-state index is 13.6. The lowest BCUT2D eigenvalue weighted by Crippen LogP contribution is -2.60. The van der Waals surface area contributed by atoms with Gasteiger partial charge in [0.25, 0.3) is 0 Å². The molecule has 29 heavy (non-hydrogen) atoms. The predicted octanol–water partition coefficient (Wildman–Crippen LogP) is 3.71. The van der Waals surface area contributed by atoms with Gasteiger partial charge in [-0.15, -0.1) is 0 Å². The van der Waals surface area contributed by atoms with Gasteiger partial charge in [0.15, 0.2) is 0 Å². The molecule has 0 spiro atoms. The van der Waals surface area contributed by atoms with Gasteiger partial charge in [-0.25, -0.2) is 0 Å². The lowest BCUT2D eigenvalue weighted by molar-refractivity contribution is -0.186. The minimum Gasteiger partial charge on any atom is -0.460 e. The monoisotopic (exact) mass is 404 g/mol. The summed E-state index contributed by atoms with van der Waals surface area (Å²) in [7, 11) is 0. The highest BCUT2D eigenvalue weighted by molar-refractivity contribution is 5.87. The molecule has 5 heteroatoms. The van der Waals surface area contributed by atoms with Gasteiger partial charge >= 0.3 is 5.97 Å². The molecule has 0 aromatic rings. The van der Waals surface area contributed by atoms with Gasteiger partial charge in [0.05, 0.1) is 6.10 Å². The second-order valence-electron chi connectivity index (χ2n) is 10.8. The molecular formula is C24H36O5. The van der Waals surface area contributed by atoms with Crippen LogP contribution in [-0.4, -0.2) is 34.9 Å². The number of ketones is 2. The minimum absolute atomic E-state index is 0.00867. The van der Waals surface area contributed by atoms with Crippen LogP contribution < -0.4 is 0 Å². The first-order valence-electron chi connectivity index (χ1n) is 11.5. The third-order valence-corrected chi connectivity index (χ3v) is 9.41. The quantitative estimate of drug-likeness (QED) is 0.726. The molecule has 0 amide bonds. The number of Topliss-reactive ketones (excluding diaryl/α,β-unsaturated/α-hetero) is 2. The second-order valence-corrected chi connectivity index (χ2v) is 10.8. The fourth-order valence-electron chi connectivity index (χ4n) is 8.11. The van der Waals surface area contributed by atoms with Crippen molar-refractivity contribution in [2.75, 3.05) is 0 Å². The number of carbonyl (C=O) groups is 3. The Bertz CT molecular complexity index is 716. The van der Waals surface area contributed by atoms with Crippen LogP contribution in [0.4, 0.5) is 0 Å². The SMILES string of the molecule is CCC(=O)O[C@H]1C[C@@]2(C)[C@@H](CC[C@H]3[C@@H]4CC[C@H](C(C)=O)[C@@]4(C)CC(=O)[C@@H]32)C[C@@H]1O. The Kier molecular flexibility index (Phi) is 5.20. The molecule has 9 atom stereocenters. The third-order valence-electron chi connectivity index (χ3n) is 9.41. The Hall–Kier alpha value is -1.23. The predicted molar refractivity (Wildman–Crippen MR) is 108 cm³/mol. The number of ether oxygens (including phenoxy) is 1. The van der Waals surface area contributed by atoms with Crippen molar-refractivity contribution in [1.29, 1.82) is 0 Å². The first-order valence-corrected chi connectivity index (χ1v) is 11.5. The minimum atomic E-state index is -0.641. The van der Waals surface area contributed by atoms with Gasteiger partial charge < -0.3 is 9.84 Å². The number of aliphatic hydroxyl groups excluding tert-OH is 1. The average Bonchev–Trinajstić information content (AvgIpc) is 2.99. The standard InChI is InChI=1S/C24H36O5/c1-5-21(28)29-20-12-23(3)14(10-18(20)26)6-7-15-17-9-8-16(13(2)25)24(17,4)11-19(27)22(15)23/h14-18,20,22,26H,5-12H2,1-4H3/t14-,15-,16+,17-,18-,20-,22+,23-,24+/m0/s1. The highest BCUT2D eigenvalue weighted by Crippen LogP contribution is 2.66. The maximum Gasteiger partial charge on any atom is 0.305 e. The van der Waals surface area contributed by atoms with E-state index in [1.807, 2.05) is 0 Å². The van der Waals surface area contributed by atoms with E-state index in [9.17, 15) is 19.5 Å². The number of carbonyl (C=O) groups excluding carboxylic acids is 3. The van der Waals surface area contributed by atoms with E-state index in [2.05, 4.69) is 13.8 Å². The fraction of sp³-hybridized carbons (Fsp3) is 0.875. The van der Waals surface area contributed by atoms with Crippen LogP contribution in [-0.2, 0) is 19.1 Å². The first kappa shape index (κ1) is 21.0. The van der Waals surface area contributed by atoms with Crippen LogP contribution in [0.25, 0.3) is 0 Å². The highest BCUT2D eigenvalue weighted by Gasteiger charge is 2.64. The van der Waals surface area contributed by atoms with Crippen molar-refractivity contribution in [3.8, 4) is 0 Å². The molecule has 0 saturated heterocycles. The molecule has 0 unspecified atom stereocenters. The normalized spacial score (nSPS) is 49.0. The van der Waals surface area contributed by atoms with Gasteiger partial charge in [-0.2, -0.15) is 0 Å². The third kappa shape index (κ3) is 3.10. The summed E-state index contributed by atoms with van der Waals surface area (Å²) >= 11 is 0. The van der Waals surface area contributed by atoms with Crippen LogP contribution in [0.1, 0.15) is 79.1 Å². The number of hydrogen-bond donors (Lipinski definition) is 1. The number of esters is 1. The van der Waals surface area contributed by atoms with Crippen molar-refractivity contribution < 1.29 is 24.2 Å². The lowest BCUT2D eigenvalue weighted by Gasteiger charge is -2.60. The summed E-state index contributed by atoms with van der Waals surface area (Å²) in [4.78, 5) is 37.8. The number of fused-ring (bicyclic) bond motifs is 5. The molecule has 4 aliphatic carbocycles. The van der Waals surface area contributed by atoms with E-state index < -0.39 is 12.2 Å². The molecule has 5 nitrogen and oxygen atoms in total. The van der Waals surface area contributed by atoms with Gasteiger partial charge in [0.2, 0.25) is 0 Å². The molecule has 4 rings (SSSR count). The molecule has 1 N–H and O–H groups in total. The molecular weight excluding hydrogens is 368 g/mol. The van der Waals surface area contributed by atoms with E-state index in [-0.39, 0.29) is 40.3 Å². The molecule has 0 aromatic heterocycles. The van der Waals surface area contributed by atoms with E-state index in [0.717, 1.165) is 25.7 Å². The molecule has 0 bridgehead atoms. The molecule has 0 aromatic carbocycles. The number of rotatable bonds is 3. The summed E-state index contributed by atoms with van der Waals surface area (Å²) in [5, 5.41) is 10.6. The van der Waals surface area contributed by atoms with Crippen molar-refractivity contribution in [3.63, 3.8) is 0 Å². The Labute approximate surface area is 174 Å². The van der Waals surface area contributed by atoms with Gasteiger partial charge in [-0.05, 0) is 74.0 Å². The molecule has 162 valence electrons. The van der Waals surface area contributed by atoms with E-state index in [0.29, 0.717) is 43.3 Å². The topological polar surface area (TPSA) is 80.7 Å². The zero-order chi connectivity index (χ0) is 21.1. The Balaban J connectivity index is 1.64. The molecule has 0 radical (unpaired) electrons. The van der Waals surface area contributed by atoms with Crippen molar-refractivity contribution in [2.45, 2.75) is 91.3 Å². The van der Waals surface area contributed by atoms with Crippen molar-refractivity contribution in [2.24, 2.45) is 40.4 Å². The summed E-state index contributed by atoms with van der Waals surface area (Å²) in [5.74, 6) is 1.22. The molecule has 0 heterocycles. The van der Waals surface area contributed by atoms with E-state index in [1.54, 1.807) is 13.8 Å².